The lowest BCUT2D eigenvalue weighted by molar-refractivity contribution is -0.167. The van der Waals surface area contributed by atoms with Crippen molar-refractivity contribution in [2.24, 2.45) is 5.92 Å². The second kappa shape index (κ2) is 13.2. The molecule has 0 amide bonds. The van der Waals surface area contributed by atoms with Gasteiger partial charge in [0.2, 0.25) is 0 Å². The third-order valence-electron chi connectivity index (χ3n) is 4.28. The van der Waals surface area contributed by atoms with Crippen molar-refractivity contribution >= 4 is 11.9 Å². The highest BCUT2D eigenvalue weighted by molar-refractivity contribution is 5.74. The maximum Gasteiger partial charge on any atom is 0.312 e. The van der Waals surface area contributed by atoms with Gasteiger partial charge in [-0.25, -0.2) is 0 Å². The quantitative estimate of drug-likeness (QED) is 0.308. The topological polar surface area (TPSA) is 52.6 Å². The third-order valence-corrected chi connectivity index (χ3v) is 4.28. The molecule has 0 fully saturated rings. The Balaban J connectivity index is 3.78. The minimum atomic E-state index is -0.522. The predicted octanol–water partition coefficient (Wildman–Crippen LogP) is 5.82. The van der Waals surface area contributed by atoms with Gasteiger partial charge in [-0.2, -0.15) is 0 Å². The number of hydrogen-bond donors (Lipinski definition) is 0. The molecule has 0 aliphatic heterocycles. The highest BCUT2D eigenvalue weighted by atomic mass is 16.6. The van der Waals surface area contributed by atoms with Crippen molar-refractivity contribution in [2.45, 2.75) is 117 Å². The van der Waals surface area contributed by atoms with Gasteiger partial charge in [0, 0.05) is 6.42 Å². The van der Waals surface area contributed by atoms with Gasteiger partial charge in [0.15, 0.2) is 0 Å². The van der Waals surface area contributed by atoms with E-state index >= 15 is 0 Å². The van der Waals surface area contributed by atoms with Crippen LogP contribution >= 0.6 is 0 Å². The predicted molar refractivity (Wildman–Crippen MR) is 102 cm³/mol. The van der Waals surface area contributed by atoms with E-state index in [2.05, 4.69) is 6.92 Å². The van der Waals surface area contributed by atoms with E-state index in [0.717, 1.165) is 12.8 Å². The molecule has 25 heavy (non-hydrogen) atoms. The molecule has 0 saturated heterocycles. The lowest BCUT2D eigenvalue weighted by Crippen LogP contribution is -2.34. The molecule has 0 radical (unpaired) electrons. The molecule has 148 valence electrons. The van der Waals surface area contributed by atoms with Crippen LogP contribution in [0.3, 0.4) is 0 Å². The zero-order chi connectivity index (χ0) is 19.3. The van der Waals surface area contributed by atoms with E-state index < -0.39 is 17.6 Å². The lowest BCUT2D eigenvalue weighted by atomic mass is 10.1. The molecule has 0 aromatic rings. The van der Waals surface area contributed by atoms with Gasteiger partial charge in [0.1, 0.15) is 11.7 Å². The van der Waals surface area contributed by atoms with Crippen LogP contribution in [0.4, 0.5) is 0 Å². The van der Waals surface area contributed by atoms with Crippen LogP contribution < -0.4 is 0 Å². The molecule has 0 aliphatic carbocycles. The van der Waals surface area contributed by atoms with E-state index in [9.17, 15) is 9.59 Å². The molecule has 2 atom stereocenters. The molecular formula is C21H40O4. The van der Waals surface area contributed by atoms with Gasteiger partial charge in [-0.3, -0.25) is 9.59 Å². The average molecular weight is 357 g/mol. The van der Waals surface area contributed by atoms with E-state index in [1.165, 1.54) is 44.9 Å². The fourth-order valence-electron chi connectivity index (χ4n) is 2.53. The molecule has 0 bridgehead atoms. The largest absolute Gasteiger partial charge is 0.462 e. The smallest absolute Gasteiger partial charge is 0.312 e. The SMILES string of the molecule is CCCCCCCCCCCC(=O)O[C@H](C)C(C)C(=O)OC(C)(C)C. The molecule has 0 saturated carbocycles. The monoisotopic (exact) mass is 356 g/mol. The summed E-state index contributed by atoms with van der Waals surface area (Å²) in [6.07, 6.45) is 10.9. The molecule has 0 aromatic carbocycles. The second-order valence-electron chi connectivity index (χ2n) is 8.10. The van der Waals surface area contributed by atoms with Crippen LogP contribution in [0, 0.1) is 5.92 Å². The van der Waals surface area contributed by atoms with E-state index in [-0.39, 0.29) is 11.9 Å². The summed E-state index contributed by atoms with van der Waals surface area (Å²) < 4.78 is 10.7. The highest BCUT2D eigenvalue weighted by Gasteiger charge is 2.28. The molecule has 4 nitrogen and oxygen atoms in total. The molecule has 0 aromatic heterocycles. The lowest BCUT2D eigenvalue weighted by Gasteiger charge is -2.25. The number of unbranched alkanes of at least 4 members (excludes halogenated alkanes) is 8. The Morgan fingerprint density at radius 3 is 1.80 bits per heavy atom. The molecular weight excluding hydrogens is 316 g/mol. The summed E-state index contributed by atoms with van der Waals surface area (Å²) in [4.78, 5) is 23.9. The summed E-state index contributed by atoms with van der Waals surface area (Å²) in [5.74, 6) is -0.993. The Morgan fingerprint density at radius 2 is 1.32 bits per heavy atom. The number of ether oxygens (including phenoxy) is 2. The molecule has 0 heterocycles. The Morgan fingerprint density at radius 1 is 0.840 bits per heavy atom. The van der Waals surface area contributed by atoms with Crippen molar-refractivity contribution in [1.82, 2.24) is 0 Å². The van der Waals surface area contributed by atoms with E-state index in [1.54, 1.807) is 13.8 Å². The van der Waals surface area contributed by atoms with Crippen molar-refractivity contribution in [3.05, 3.63) is 0 Å². The summed E-state index contributed by atoms with van der Waals surface area (Å²) in [7, 11) is 0. The van der Waals surface area contributed by atoms with Gasteiger partial charge in [-0.1, -0.05) is 58.3 Å². The van der Waals surface area contributed by atoms with Gasteiger partial charge in [-0.15, -0.1) is 0 Å². The van der Waals surface area contributed by atoms with Gasteiger partial charge in [0.25, 0.3) is 0 Å². The van der Waals surface area contributed by atoms with Crippen LogP contribution in [0.2, 0.25) is 0 Å². The average Bonchev–Trinajstić information content (AvgIpc) is 2.50. The zero-order valence-electron chi connectivity index (χ0n) is 17.4. The van der Waals surface area contributed by atoms with Gasteiger partial charge in [0.05, 0.1) is 5.92 Å². The van der Waals surface area contributed by atoms with Crippen molar-refractivity contribution in [2.75, 3.05) is 0 Å². The third kappa shape index (κ3) is 13.9. The fraction of sp³-hybridized carbons (Fsp3) is 0.905. The van der Waals surface area contributed by atoms with Gasteiger partial charge in [-0.05, 0) is 41.0 Å². The first kappa shape index (κ1) is 23.9. The van der Waals surface area contributed by atoms with Crippen LogP contribution in [-0.2, 0) is 19.1 Å². The molecule has 0 spiro atoms. The van der Waals surface area contributed by atoms with Crippen LogP contribution in [-0.4, -0.2) is 23.6 Å². The summed E-state index contributed by atoms with van der Waals surface area (Å²) in [5, 5.41) is 0. The Hall–Kier alpha value is -1.06. The molecule has 0 N–H and O–H groups in total. The molecule has 0 aliphatic rings. The Labute approximate surface area is 155 Å². The number of hydrogen-bond acceptors (Lipinski definition) is 4. The van der Waals surface area contributed by atoms with E-state index in [0.29, 0.717) is 6.42 Å². The maximum atomic E-state index is 12.0. The van der Waals surface area contributed by atoms with Crippen molar-refractivity contribution in [1.29, 1.82) is 0 Å². The first-order chi connectivity index (χ1) is 11.7. The Kier molecular flexibility index (Phi) is 12.6. The van der Waals surface area contributed by atoms with Gasteiger partial charge >= 0.3 is 11.9 Å². The van der Waals surface area contributed by atoms with E-state index in [1.807, 2.05) is 20.8 Å². The summed E-state index contributed by atoms with van der Waals surface area (Å²) >= 11 is 0. The summed E-state index contributed by atoms with van der Waals surface area (Å²) in [6, 6.07) is 0. The van der Waals surface area contributed by atoms with Crippen LogP contribution in [0.25, 0.3) is 0 Å². The van der Waals surface area contributed by atoms with Crippen LogP contribution in [0.5, 0.6) is 0 Å². The van der Waals surface area contributed by atoms with E-state index in [4.69, 9.17) is 9.47 Å². The van der Waals surface area contributed by atoms with Crippen molar-refractivity contribution in [3.63, 3.8) is 0 Å². The molecule has 0 rings (SSSR count). The number of rotatable bonds is 13. The fourth-order valence-corrected chi connectivity index (χ4v) is 2.53. The van der Waals surface area contributed by atoms with Gasteiger partial charge < -0.3 is 9.47 Å². The molecule has 4 heteroatoms. The second-order valence-corrected chi connectivity index (χ2v) is 8.10. The minimum Gasteiger partial charge on any atom is -0.462 e. The maximum absolute atomic E-state index is 12.0. The normalized spacial score (nSPS) is 14.0. The van der Waals surface area contributed by atoms with Crippen molar-refractivity contribution in [3.8, 4) is 0 Å². The highest BCUT2D eigenvalue weighted by Crippen LogP contribution is 2.16. The van der Waals surface area contributed by atoms with Crippen molar-refractivity contribution < 1.29 is 19.1 Å². The molecule has 1 unspecified atom stereocenters. The zero-order valence-corrected chi connectivity index (χ0v) is 17.4. The number of carbonyl (C=O) groups is 2. The number of esters is 2. The number of carbonyl (C=O) groups excluding carboxylic acids is 2. The first-order valence-electron chi connectivity index (χ1n) is 10.1. The minimum absolute atomic E-state index is 0.217. The summed E-state index contributed by atoms with van der Waals surface area (Å²) in [6.45, 7) is 11.2. The first-order valence-corrected chi connectivity index (χ1v) is 10.1. The van der Waals surface area contributed by atoms with Crippen LogP contribution in [0.15, 0.2) is 0 Å². The van der Waals surface area contributed by atoms with Crippen LogP contribution in [0.1, 0.15) is 106 Å². The summed E-state index contributed by atoms with van der Waals surface area (Å²) in [5.41, 5.74) is -0.522. The standard InChI is InChI=1S/C21H40O4/c1-7-8-9-10-11-12-13-14-15-16-19(22)24-18(3)17(2)20(23)25-21(4,5)6/h17-18H,7-16H2,1-6H3/t17?,18-/m1/s1. The Bertz CT molecular complexity index is 371.